The number of benzene rings is 3. The molecule has 0 aromatic heterocycles. The molecule has 1 amide bonds. The molecule has 0 saturated carbocycles. The molecule has 3 aromatic carbocycles. The molecule has 156 valence electrons. The van der Waals surface area contributed by atoms with Gasteiger partial charge in [-0.05, 0) is 29.8 Å². The van der Waals surface area contributed by atoms with Crippen LogP contribution in [0, 0.1) is 0 Å². The van der Waals surface area contributed by atoms with Gasteiger partial charge in [-0.25, -0.2) is 0 Å². The Labute approximate surface area is 193 Å². The van der Waals surface area contributed by atoms with Gasteiger partial charge < -0.3 is 21.1 Å². The highest BCUT2D eigenvalue weighted by atomic mass is 127. The first kappa shape index (κ1) is 23.2. The van der Waals surface area contributed by atoms with Gasteiger partial charge in [0.15, 0.2) is 5.96 Å². The van der Waals surface area contributed by atoms with E-state index in [2.05, 4.69) is 15.6 Å². The molecular weight excluding hydrogens is 491 g/mol. The van der Waals surface area contributed by atoms with Crippen molar-refractivity contribution in [2.75, 3.05) is 11.9 Å². The number of guanidine groups is 1. The molecule has 0 aliphatic heterocycles. The molecule has 0 unspecified atom stereocenters. The normalized spacial score (nSPS) is 10.6. The number of nitrogens with two attached hydrogens (primary N) is 1. The van der Waals surface area contributed by atoms with Gasteiger partial charge in [-0.2, -0.15) is 0 Å². The molecular formula is C23H25IN4O2. The van der Waals surface area contributed by atoms with Gasteiger partial charge in [0.1, 0.15) is 11.5 Å². The number of amides is 1. The van der Waals surface area contributed by atoms with Crippen LogP contribution in [0.15, 0.2) is 89.9 Å². The Balaban J connectivity index is 0.00000320. The first-order valence-electron chi connectivity index (χ1n) is 9.39. The van der Waals surface area contributed by atoms with E-state index in [1.807, 2.05) is 84.9 Å². The second-order valence-electron chi connectivity index (χ2n) is 6.35. The van der Waals surface area contributed by atoms with Crippen molar-refractivity contribution in [3.63, 3.8) is 0 Å². The quantitative estimate of drug-likeness (QED) is 0.233. The van der Waals surface area contributed by atoms with E-state index in [1.54, 1.807) is 0 Å². The third-order valence-electron chi connectivity index (χ3n) is 4.04. The van der Waals surface area contributed by atoms with Gasteiger partial charge in [0.05, 0.1) is 6.54 Å². The average molecular weight is 516 g/mol. The highest BCUT2D eigenvalue weighted by Crippen LogP contribution is 2.23. The molecule has 0 radical (unpaired) electrons. The minimum atomic E-state index is -0.0661. The Hall–Kier alpha value is -3.07. The fourth-order valence-electron chi connectivity index (χ4n) is 2.61. The zero-order valence-corrected chi connectivity index (χ0v) is 18.8. The lowest BCUT2D eigenvalue weighted by Crippen LogP contribution is -2.25. The van der Waals surface area contributed by atoms with Gasteiger partial charge in [0.2, 0.25) is 5.91 Å². The van der Waals surface area contributed by atoms with Crippen molar-refractivity contribution in [3.05, 3.63) is 90.5 Å². The van der Waals surface area contributed by atoms with Crippen LogP contribution in [0.1, 0.15) is 12.0 Å². The third-order valence-corrected chi connectivity index (χ3v) is 4.04. The Morgan fingerprint density at radius 2 is 1.57 bits per heavy atom. The van der Waals surface area contributed by atoms with E-state index in [1.165, 1.54) is 0 Å². The van der Waals surface area contributed by atoms with Crippen LogP contribution in [0.2, 0.25) is 0 Å². The molecule has 0 fully saturated rings. The Kier molecular flexibility index (Phi) is 9.66. The molecule has 0 heterocycles. The Bertz CT molecular complexity index is 950. The molecule has 0 aliphatic rings. The van der Waals surface area contributed by atoms with E-state index in [0.717, 1.165) is 17.0 Å². The van der Waals surface area contributed by atoms with Gasteiger partial charge in [-0.3, -0.25) is 9.79 Å². The average Bonchev–Trinajstić information content (AvgIpc) is 2.74. The minimum absolute atomic E-state index is 0. The van der Waals surface area contributed by atoms with E-state index >= 15 is 0 Å². The van der Waals surface area contributed by atoms with Crippen molar-refractivity contribution >= 4 is 41.5 Å². The number of halogens is 1. The van der Waals surface area contributed by atoms with Gasteiger partial charge in [0, 0.05) is 24.7 Å². The zero-order valence-electron chi connectivity index (χ0n) is 16.5. The maximum Gasteiger partial charge on any atom is 0.222 e. The van der Waals surface area contributed by atoms with E-state index in [-0.39, 0.29) is 42.3 Å². The second-order valence-corrected chi connectivity index (χ2v) is 6.35. The molecule has 0 atom stereocenters. The number of nitrogens with zero attached hydrogens (tertiary/aromatic N) is 1. The number of anilines is 1. The lowest BCUT2D eigenvalue weighted by molar-refractivity contribution is -0.121. The Morgan fingerprint density at radius 1 is 0.900 bits per heavy atom. The Morgan fingerprint density at radius 3 is 2.30 bits per heavy atom. The van der Waals surface area contributed by atoms with Crippen LogP contribution in [0.3, 0.4) is 0 Å². The van der Waals surface area contributed by atoms with Crippen LogP contribution in [0.4, 0.5) is 5.69 Å². The van der Waals surface area contributed by atoms with Crippen molar-refractivity contribution < 1.29 is 9.53 Å². The zero-order chi connectivity index (χ0) is 20.3. The highest BCUT2D eigenvalue weighted by Gasteiger charge is 2.02. The molecule has 30 heavy (non-hydrogen) atoms. The van der Waals surface area contributed by atoms with E-state index in [0.29, 0.717) is 18.8 Å². The van der Waals surface area contributed by atoms with E-state index in [4.69, 9.17) is 10.5 Å². The summed E-state index contributed by atoms with van der Waals surface area (Å²) in [6.45, 7) is 0.811. The predicted molar refractivity (Wildman–Crippen MR) is 131 cm³/mol. The smallest absolute Gasteiger partial charge is 0.222 e. The van der Waals surface area contributed by atoms with Crippen molar-refractivity contribution in [2.24, 2.45) is 10.7 Å². The number of hydrogen-bond donors (Lipinski definition) is 3. The third kappa shape index (κ3) is 8.12. The van der Waals surface area contributed by atoms with Crippen molar-refractivity contribution in [1.82, 2.24) is 5.32 Å². The number of carbonyl (C=O) groups excluding carboxylic acids is 1. The maximum atomic E-state index is 11.9. The van der Waals surface area contributed by atoms with Gasteiger partial charge in [0.25, 0.3) is 0 Å². The fourth-order valence-corrected chi connectivity index (χ4v) is 2.61. The summed E-state index contributed by atoms with van der Waals surface area (Å²) in [5, 5.41) is 5.88. The van der Waals surface area contributed by atoms with Crippen molar-refractivity contribution in [3.8, 4) is 11.5 Å². The predicted octanol–water partition coefficient (Wildman–Crippen LogP) is 4.53. The van der Waals surface area contributed by atoms with E-state index < -0.39 is 0 Å². The number of para-hydroxylation sites is 1. The van der Waals surface area contributed by atoms with Crippen LogP contribution in [-0.4, -0.2) is 18.4 Å². The van der Waals surface area contributed by atoms with Crippen LogP contribution < -0.4 is 21.1 Å². The van der Waals surface area contributed by atoms with Gasteiger partial charge in [-0.1, -0.05) is 54.6 Å². The standard InChI is InChI=1S/C23H24N4O2.HI/c24-23(25-15-14-22(28)26-17-18-8-3-1-4-9-18)27-19-10-7-13-21(16-19)29-20-11-5-2-6-12-20;/h1-13,16H,14-15,17H2,(H,26,28)(H3,24,25,27);1H. The minimum Gasteiger partial charge on any atom is -0.457 e. The number of aliphatic imine (C=N–C) groups is 1. The summed E-state index contributed by atoms with van der Waals surface area (Å²) in [5.74, 6) is 1.63. The molecule has 4 N–H and O–H groups in total. The first-order valence-corrected chi connectivity index (χ1v) is 9.39. The lowest BCUT2D eigenvalue weighted by atomic mass is 10.2. The van der Waals surface area contributed by atoms with Gasteiger partial charge in [-0.15, -0.1) is 24.0 Å². The fraction of sp³-hybridized carbons (Fsp3) is 0.130. The monoisotopic (exact) mass is 516 g/mol. The molecule has 0 aliphatic carbocycles. The van der Waals surface area contributed by atoms with Crippen molar-refractivity contribution in [1.29, 1.82) is 0 Å². The summed E-state index contributed by atoms with van der Waals surface area (Å²) in [6.07, 6.45) is 0.270. The summed E-state index contributed by atoms with van der Waals surface area (Å²) in [5.41, 5.74) is 7.74. The van der Waals surface area contributed by atoms with Gasteiger partial charge >= 0.3 is 0 Å². The second kappa shape index (κ2) is 12.5. The largest absolute Gasteiger partial charge is 0.457 e. The highest BCUT2D eigenvalue weighted by molar-refractivity contribution is 14.0. The molecule has 0 saturated heterocycles. The topological polar surface area (TPSA) is 88.7 Å². The SMILES string of the molecule is I.NC(=NCCC(=O)NCc1ccccc1)Nc1cccc(Oc2ccccc2)c1. The van der Waals surface area contributed by atoms with Crippen LogP contribution in [-0.2, 0) is 11.3 Å². The summed E-state index contributed by atoms with van der Waals surface area (Å²) in [7, 11) is 0. The molecule has 3 rings (SSSR count). The summed E-state index contributed by atoms with van der Waals surface area (Å²) < 4.78 is 5.80. The number of hydrogen-bond acceptors (Lipinski definition) is 3. The first-order chi connectivity index (χ1) is 14.2. The van der Waals surface area contributed by atoms with Crippen LogP contribution in [0.25, 0.3) is 0 Å². The van der Waals surface area contributed by atoms with Crippen LogP contribution in [0.5, 0.6) is 11.5 Å². The lowest BCUT2D eigenvalue weighted by Gasteiger charge is -2.09. The summed E-state index contributed by atoms with van der Waals surface area (Å²) in [6, 6.07) is 26.7. The number of nitrogens with one attached hydrogen (secondary N) is 2. The molecule has 0 bridgehead atoms. The van der Waals surface area contributed by atoms with Crippen LogP contribution >= 0.6 is 24.0 Å². The number of ether oxygens (including phenoxy) is 1. The summed E-state index contributed by atoms with van der Waals surface area (Å²) >= 11 is 0. The number of carbonyl (C=O) groups is 1. The maximum absolute atomic E-state index is 11.9. The van der Waals surface area contributed by atoms with Crippen molar-refractivity contribution in [2.45, 2.75) is 13.0 Å². The molecule has 3 aromatic rings. The molecule has 6 nitrogen and oxygen atoms in total. The van der Waals surface area contributed by atoms with E-state index in [9.17, 15) is 4.79 Å². The molecule has 0 spiro atoms. The number of rotatable bonds is 8. The summed E-state index contributed by atoms with van der Waals surface area (Å²) in [4.78, 5) is 16.1. The molecule has 7 heteroatoms.